The summed E-state index contributed by atoms with van der Waals surface area (Å²) in [6, 6.07) is 14.0. The van der Waals surface area contributed by atoms with Crippen LogP contribution in [0, 0.1) is 0 Å². The molecule has 2 heterocycles. The second kappa shape index (κ2) is 5.84. The van der Waals surface area contributed by atoms with Gasteiger partial charge in [0, 0.05) is 37.7 Å². The van der Waals surface area contributed by atoms with Crippen LogP contribution in [0.15, 0.2) is 54.9 Å². The van der Waals surface area contributed by atoms with Crippen LogP contribution in [0.25, 0.3) is 0 Å². The first-order valence-electron chi connectivity index (χ1n) is 6.79. The van der Waals surface area contributed by atoms with Gasteiger partial charge in [0.2, 0.25) is 5.91 Å². The second-order valence-electron chi connectivity index (χ2n) is 4.95. The third kappa shape index (κ3) is 2.86. The zero-order valence-electron chi connectivity index (χ0n) is 11.3. The number of carbonyl (C=O) groups excluding carboxylic acids is 1. The van der Waals surface area contributed by atoms with Gasteiger partial charge in [0.15, 0.2) is 0 Å². The number of nitrogens with zero attached hydrogens (tertiary/aromatic N) is 3. The van der Waals surface area contributed by atoms with Gasteiger partial charge >= 0.3 is 0 Å². The fourth-order valence-corrected chi connectivity index (χ4v) is 2.50. The quantitative estimate of drug-likeness (QED) is 0.852. The summed E-state index contributed by atoms with van der Waals surface area (Å²) in [5, 5.41) is 0. The van der Waals surface area contributed by atoms with E-state index in [9.17, 15) is 4.79 Å². The van der Waals surface area contributed by atoms with Gasteiger partial charge in [-0.1, -0.05) is 30.3 Å². The molecule has 0 unspecified atom stereocenters. The van der Waals surface area contributed by atoms with Crippen molar-refractivity contribution < 1.29 is 4.79 Å². The number of carbonyl (C=O) groups is 1. The molecular formula is C16H17N3O. The fourth-order valence-electron chi connectivity index (χ4n) is 2.50. The van der Waals surface area contributed by atoms with Gasteiger partial charge in [0.25, 0.3) is 0 Å². The number of hydrogen-bond donors (Lipinski definition) is 0. The van der Waals surface area contributed by atoms with E-state index in [0.717, 1.165) is 25.3 Å². The van der Waals surface area contributed by atoms with E-state index in [0.29, 0.717) is 6.54 Å². The Labute approximate surface area is 118 Å². The Balaban J connectivity index is 1.64. The van der Waals surface area contributed by atoms with Gasteiger partial charge in [-0.3, -0.25) is 14.7 Å². The normalized spacial score (nSPS) is 16.4. The van der Waals surface area contributed by atoms with E-state index < -0.39 is 0 Å². The summed E-state index contributed by atoms with van der Waals surface area (Å²) < 4.78 is 0. The lowest BCUT2D eigenvalue weighted by atomic mass is 10.2. The topological polar surface area (TPSA) is 36.4 Å². The maximum absolute atomic E-state index is 12.3. The van der Waals surface area contributed by atoms with Crippen LogP contribution in [0.5, 0.6) is 0 Å². The van der Waals surface area contributed by atoms with E-state index >= 15 is 0 Å². The Morgan fingerprint density at radius 3 is 2.45 bits per heavy atom. The van der Waals surface area contributed by atoms with Crippen molar-refractivity contribution in [3.05, 3.63) is 60.4 Å². The first-order valence-corrected chi connectivity index (χ1v) is 6.79. The molecule has 0 radical (unpaired) electrons. The molecule has 2 aromatic rings. The lowest BCUT2D eigenvalue weighted by molar-refractivity contribution is -0.121. The molecule has 1 aromatic carbocycles. The van der Waals surface area contributed by atoms with Gasteiger partial charge in [-0.25, -0.2) is 0 Å². The average Bonchev–Trinajstić information content (AvgIpc) is 2.49. The highest BCUT2D eigenvalue weighted by molar-refractivity contribution is 5.95. The van der Waals surface area contributed by atoms with Gasteiger partial charge in [-0.05, 0) is 17.7 Å². The van der Waals surface area contributed by atoms with Gasteiger partial charge in [0.1, 0.15) is 0 Å². The molecule has 3 rings (SSSR count). The van der Waals surface area contributed by atoms with Gasteiger partial charge in [-0.15, -0.1) is 0 Å². The number of amides is 1. The summed E-state index contributed by atoms with van der Waals surface area (Å²) in [4.78, 5) is 20.3. The minimum absolute atomic E-state index is 0.151. The molecule has 0 N–H and O–H groups in total. The molecule has 0 spiro atoms. The van der Waals surface area contributed by atoms with Crippen LogP contribution in [-0.4, -0.2) is 35.4 Å². The molecule has 102 valence electrons. The Kier molecular flexibility index (Phi) is 3.74. The maximum atomic E-state index is 12.3. The minimum atomic E-state index is 0.151. The van der Waals surface area contributed by atoms with Gasteiger partial charge in [-0.2, -0.15) is 0 Å². The molecule has 0 atom stereocenters. The van der Waals surface area contributed by atoms with E-state index in [1.165, 1.54) is 5.56 Å². The molecule has 1 saturated heterocycles. The zero-order chi connectivity index (χ0) is 13.8. The minimum Gasteiger partial charge on any atom is -0.310 e. The molecule has 0 saturated carbocycles. The zero-order valence-corrected chi connectivity index (χ0v) is 11.3. The van der Waals surface area contributed by atoms with Crippen LogP contribution in [0.3, 0.4) is 0 Å². The number of hydrogen-bond acceptors (Lipinski definition) is 3. The van der Waals surface area contributed by atoms with Gasteiger partial charge in [0.05, 0.1) is 6.54 Å². The number of piperazine rings is 1. The predicted octanol–water partition coefficient (Wildman–Crippen LogP) is 1.93. The highest BCUT2D eigenvalue weighted by Crippen LogP contribution is 2.17. The van der Waals surface area contributed by atoms with Crippen LogP contribution in [0.1, 0.15) is 5.56 Å². The number of aromatic nitrogens is 1. The van der Waals surface area contributed by atoms with Crippen molar-refractivity contribution in [1.82, 2.24) is 9.88 Å². The van der Waals surface area contributed by atoms with Crippen molar-refractivity contribution in [3.8, 4) is 0 Å². The summed E-state index contributed by atoms with van der Waals surface area (Å²) in [7, 11) is 0. The van der Waals surface area contributed by atoms with E-state index in [1.807, 2.05) is 35.2 Å². The highest BCUT2D eigenvalue weighted by Gasteiger charge is 2.24. The second-order valence-corrected chi connectivity index (χ2v) is 4.95. The number of anilines is 1. The number of benzene rings is 1. The van der Waals surface area contributed by atoms with Crippen molar-refractivity contribution in [3.63, 3.8) is 0 Å². The Bertz CT molecular complexity index is 571. The number of rotatable bonds is 3. The molecule has 4 heteroatoms. The third-order valence-electron chi connectivity index (χ3n) is 3.52. The monoisotopic (exact) mass is 267 g/mol. The molecule has 0 aliphatic carbocycles. The molecule has 1 aromatic heterocycles. The average molecular weight is 267 g/mol. The summed E-state index contributed by atoms with van der Waals surface area (Å²) in [5.74, 6) is 0.151. The highest BCUT2D eigenvalue weighted by atomic mass is 16.2. The van der Waals surface area contributed by atoms with Crippen molar-refractivity contribution in [2.45, 2.75) is 6.54 Å². The van der Waals surface area contributed by atoms with Crippen LogP contribution >= 0.6 is 0 Å². The fraction of sp³-hybridized carbons (Fsp3) is 0.250. The largest absolute Gasteiger partial charge is 0.310 e. The molecule has 0 bridgehead atoms. The predicted molar refractivity (Wildman–Crippen MR) is 78.3 cm³/mol. The smallest absolute Gasteiger partial charge is 0.241 e. The van der Waals surface area contributed by atoms with Crippen molar-refractivity contribution in [1.29, 1.82) is 0 Å². The summed E-state index contributed by atoms with van der Waals surface area (Å²) in [5.41, 5.74) is 2.18. The molecule has 1 aliphatic heterocycles. The molecule has 20 heavy (non-hydrogen) atoms. The first-order chi connectivity index (χ1) is 9.83. The summed E-state index contributed by atoms with van der Waals surface area (Å²) in [6.45, 7) is 2.92. The number of pyridine rings is 1. The molecular weight excluding hydrogens is 250 g/mol. The van der Waals surface area contributed by atoms with E-state index in [-0.39, 0.29) is 5.91 Å². The first kappa shape index (κ1) is 12.8. The SMILES string of the molecule is O=C1CN(Cc2ccccc2)CCN1c1ccncc1. The standard InChI is InChI=1S/C16H17N3O/c20-16-13-18(12-14-4-2-1-3-5-14)10-11-19(16)15-6-8-17-9-7-15/h1-9H,10-13H2. The Morgan fingerprint density at radius 2 is 1.75 bits per heavy atom. The summed E-state index contributed by atoms with van der Waals surface area (Å²) >= 11 is 0. The van der Waals surface area contributed by atoms with Gasteiger partial charge < -0.3 is 4.90 Å². The lowest BCUT2D eigenvalue weighted by Crippen LogP contribution is -2.50. The lowest BCUT2D eigenvalue weighted by Gasteiger charge is -2.34. The van der Waals surface area contributed by atoms with E-state index in [1.54, 1.807) is 12.4 Å². The van der Waals surface area contributed by atoms with Crippen LogP contribution < -0.4 is 4.90 Å². The van der Waals surface area contributed by atoms with Crippen molar-refractivity contribution in [2.75, 3.05) is 24.5 Å². The maximum Gasteiger partial charge on any atom is 0.241 e. The van der Waals surface area contributed by atoms with Crippen molar-refractivity contribution in [2.24, 2.45) is 0 Å². The van der Waals surface area contributed by atoms with Crippen molar-refractivity contribution >= 4 is 11.6 Å². The third-order valence-corrected chi connectivity index (χ3v) is 3.52. The molecule has 1 aliphatic rings. The molecule has 1 fully saturated rings. The van der Waals surface area contributed by atoms with Crippen LogP contribution in [-0.2, 0) is 11.3 Å². The Morgan fingerprint density at radius 1 is 1.00 bits per heavy atom. The molecule has 1 amide bonds. The Hall–Kier alpha value is -2.20. The van der Waals surface area contributed by atoms with Crippen LogP contribution in [0.2, 0.25) is 0 Å². The molecule has 4 nitrogen and oxygen atoms in total. The van der Waals surface area contributed by atoms with E-state index in [2.05, 4.69) is 22.0 Å². The van der Waals surface area contributed by atoms with E-state index in [4.69, 9.17) is 0 Å². The van der Waals surface area contributed by atoms with Crippen LogP contribution in [0.4, 0.5) is 5.69 Å². The summed E-state index contributed by atoms with van der Waals surface area (Å²) in [6.07, 6.45) is 3.44.